The molecule has 0 bridgehead atoms. The standard InChI is InChI=1S/C19H24FN3O/c1-2-3-4-12-21-18-10-7-16(14-23-18)19(24)22-13-11-15-5-8-17(20)9-6-15/h5-10,14H,2-4,11-13H2,1H3,(H,21,23)(H,22,24). The second kappa shape index (κ2) is 9.65. The lowest BCUT2D eigenvalue weighted by atomic mass is 10.1. The Hall–Kier alpha value is -2.43. The third kappa shape index (κ3) is 5.99. The summed E-state index contributed by atoms with van der Waals surface area (Å²) < 4.78 is 12.8. The summed E-state index contributed by atoms with van der Waals surface area (Å²) in [5.41, 5.74) is 1.52. The van der Waals surface area contributed by atoms with Crippen molar-refractivity contribution in [3.8, 4) is 0 Å². The summed E-state index contributed by atoms with van der Waals surface area (Å²) in [5, 5.41) is 6.09. The van der Waals surface area contributed by atoms with Gasteiger partial charge < -0.3 is 10.6 Å². The number of anilines is 1. The molecule has 0 radical (unpaired) electrons. The molecule has 5 heteroatoms. The average molecular weight is 329 g/mol. The molecule has 1 amide bonds. The van der Waals surface area contributed by atoms with Crippen molar-refractivity contribution in [2.75, 3.05) is 18.4 Å². The number of benzene rings is 1. The maximum Gasteiger partial charge on any atom is 0.252 e. The van der Waals surface area contributed by atoms with Crippen molar-refractivity contribution in [3.05, 3.63) is 59.5 Å². The predicted octanol–water partition coefficient (Wildman–Crippen LogP) is 3.80. The molecule has 4 nitrogen and oxygen atoms in total. The molecule has 2 rings (SSSR count). The number of aromatic nitrogens is 1. The van der Waals surface area contributed by atoms with E-state index in [0.29, 0.717) is 18.5 Å². The fourth-order valence-corrected chi connectivity index (χ4v) is 2.30. The Morgan fingerprint density at radius 3 is 2.54 bits per heavy atom. The zero-order valence-corrected chi connectivity index (χ0v) is 14.0. The van der Waals surface area contributed by atoms with Gasteiger partial charge in [0.15, 0.2) is 0 Å². The van der Waals surface area contributed by atoms with E-state index in [1.165, 1.54) is 25.0 Å². The molecule has 2 N–H and O–H groups in total. The van der Waals surface area contributed by atoms with Crippen LogP contribution in [-0.4, -0.2) is 24.0 Å². The van der Waals surface area contributed by atoms with Gasteiger partial charge in [0.1, 0.15) is 11.6 Å². The van der Waals surface area contributed by atoms with Crippen LogP contribution < -0.4 is 10.6 Å². The van der Waals surface area contributed by atoms with Gasteiger partial charge in [0, 0.05) is 19.3 Å². The van der Waals surface area contributed by atoms with Gasteiger partial charge >= 0.3 is 0 Å². The molecule has 0 saturated heterocycles. The number of hydrogen-bond donors (Lipinski definition) is 2. The first-order valence-corrected chi connectivity index (χ1v) is 8.41. The number of halogens is 1. The van der Waals surface area contributed by atoms with Crippen molar-refractivity contribution in [1.82, 2.24) is 10.3 Å². The summed E-state index contributed by atoms with van der Waals surface area (Å²) in [6.45, 7) is 3.56. The van der Waals surface area contributed by atoms with E-state index in [2.05, 4.69) is 22.5 Å². The number of nitrogens with one attached hydrogen (secondary N) is 2. The van der Waals surface area contributed by atoms with Crippen molar-refractivity contribution in [1.29, 1.82) is 0 Å². The van der Waals surface area contributed by atoms with Crippen LogP contribution in [0.4, 0.5) is 10.2 Å². The maximum atomic E-state index is 12.8. The molecular weight excluding hydrogens is 305 g/mol. The van der Waals surface area contributed by atoms with Crippen LogP contribution >= 0.6 is 0 Å². The third-order valence-corrected chi connectivity index (χ3v) is 3.72. The molecule has 0 aliphatic heterocycles. The molecule has 2 aromatic rings. The third-order valence-electron chi connectivity index (χ3n) is 3.72. The fraction of sp³-hybridized carbons (Fsp3) is 0.368. The van der Waals surface area contributed by atoms with E-state index in [-0.39, 0.29) is 11.7 Å². The predicted molar refractivity (Wildman–Crippen MR) is 94.7 cm³/mol. The Morgan fingerprint density at radius 1 is 1.08 bits per heavy atom. The largest absolute Gasteiger partial charge is 0.370 e. The number of nitrogens with zero attached hydrogens (tertiary/aromatic N) is 1. The number of rotatable bonds is 9. The highest BCUT2D eigenvalue weighted by molar-refractivity contribution is 5.94. The highest BCUT2D eigenvalue weighted by Crippen LogP contribution is 2.06. The minimum absolute atomic E-state index is 0.151. The second-order valence-electron chi connectivity index (χ2n) is 5.70. The van der Waals surface area contributed by atoms with E-state index in [1.54, 1.807) is 24.4 Å². The molecule has 0 spiro atoms. The summed E-state index contributed by atoms with van der Waals surface area (Å²) in [7, 11) is 0. The Morgan fingerprint density at radius 2 is 1.88 bits per heavy atom. The van der Waals surface area contributed by atoms with Gasteiger partial charge in [-0.1, -0.05) is 31.9 Å². The molecule has 1 heterocycles. The number of amides is 1. The Balaban J connectivity index is 1.74. The lowest BCUT2D eigenvalue weighted by Crippen LogP contribution is -2.25. The first-order valence-electron chi connectivity index (χ1n) is 8.41. The summed E-state index contributed by atoms with van der Waals surface area (Å²) in [5.74, 6) is 0.383. The normalized spacial score (nSPS) is 10.4. The van der Waals surface area contributed by atoms with Crippen LogP contribution in [0.15, 0.2) is 42.6 Å². The molecule has 0 unspecified atom stereocenters. The van der Waals surface area contributed by atoms with Crippen LogP contribution in [0.25, 0.3) is 0 Å². The minimum Gasteiger partial charge on any atom is -0.370 e. The highest BCUT2D eigenvalue weighted by Gasteiger charge is 2.05. The van der Waals surface area contributed by atoms with Gasteiger partial charge in [-0.25, -0.2) is 9.37 Å². The van der Waals surface area contributed by atoms with E-state index >= 15 is 0 Å². The topological polar surface area (TPSA) is 54.0 Å². The van der Waals surface area contributed by atoms with E-state index < -0.39 is 0 Å². The van der Waals surface area contributed by atoms with Crippen molar-refractivity contribution in [2.45, 2.75) is 32.6 Å². The molecule has 0 aliphatic rings. The molecule has 0 saturated carbocycles. The van der Waals surface area contributed by atoms with Crippen molar-refractivity contribution in [3.63, 3.8) is 0 Å². The molecule has 0 atom stereocenters. The maximum absolute atomic E-state index is 12.8. The molecule has 0 fully saturated rings. The van der Waals surface area contributed by atoms with Gasteiger partial charge in [0.25, 0.3) is 5.91 Å². The van der Waals surface area contributed by atoms with E-state index in [9.17, 15) is 9.18 Å². The Bertz CT molecular complexity index is 626. The van der Waals surface area contributed by atoms with E-state index in [0.717, 1.165) is 24.3 Å². The quantitative estimate of drug-likeness (QED) is 0.688. The summed E-state index contributed by atoms with van der Waals surface area (Å²) in [4.78, 5) is 16.3. The molecule has 1 aromatic heterocycles. The van der Waals surface area contributed by atoms with E-state index in [4.69, 9.17) is 0 Å². The van der Waals surface area contributed by atoms with Gasteiger partial charge in [-0.2, -0.15) is 0 Å². The van der Waals surface area contributed by atoms with Crippen molar-refractivity contribution >= 4 is 11.7 Å². The average Bonchev–Trinajstić information content (AvgIpc) is 2.61. The van der Waals surface area contributed by atoms with Crippen molar-refractivity contribution < 1.29 is 9.18 Å². The van der Waals surface area contributed by atoms with Gasteiger partial charge in [0.05, 0.1) is 5.56 Å². The van der Waals surface area contributed by atoms with Gasteiger partial charge in [-0.3, -0.25) is 4.79 Å². The number of unbranched alkanes of at least 4 members (excludes halogenated alkanes) is 2. The number of carbonyl (C=O) groups excluding carboxylic acids is 1. The molecular formula is C19H24FN3O. The Labute approximate surface area is 142 Å². The molecule has 128 valence electrons. The van der Waals surface area contributed by atoms with Crippen LogP contribution in [0.3, 0.4) is 0 Å². The van der Waals surface area contributed by atoms with Crippen LogP contribution in [0.1, 0.15) is 42.1 Å². The van der Waals surface area contributed by atoms with Gasteiger partial charge in [-0.15, -0.1) is 0 Å². The van der Waals surface area contributed by atoms with E-state index in [1.807, 2.05) is 6.07 Å². The van der Waals surface area contributed by atoms with Crippen LogP contribution in [-0.2, 0) is 6.42 Å². The smallest absolute Gasteiger partial charge is 0.252 e. The first kappa shape index (κ1) is 17.9. The minimum atomic E-state index is -0.253. The first-order chi connectivity index (χ1) is 11.7. The number of carbonyl (C=O) groups is 1. The van der Waals surface area contributed by atoms with Crippen molar-refractivity contribution in [2.24, 2.45) is 0 Å². The van der Waals surface area contributed by atoms with Gasteiger partial charge in [-0.05, 0) is 42.7 Å². The number of pyridine rings is 1. The zero-order valence-electron chi connectivity index (χ0n) is 14.0. The molecule has 24 heavy (non-hydrogen) atoms. The van der Waals surface area contributed by atoms with Gasteiger partial charge in [0.2, 0.25) is 0 Å². The summed E-state index contributed by atoms with van der Waals surface area (Å²) in [6.07, 6.45) is 5.74. The second-order valence-corrected chi connectivity index (χ2v) is 5.70. The lowest BCUT2D eigenvalue weighted by Gasteiger charge is -2.07. The van der Waals surface area contributed by atoms with Crippen LogP contribution in [0.2, 0.25) is 0 Å². The SMILES string of the molecule is CCCCCNc1ccc(C(=O)NCCc2ccc(F)cc2)cn1. The Kier molecular flexibility index (Phi) is 7.21. The highest BCUT2D eigenvalue weighted by atomic mass is 19.1. The van der Waals surface area contributed by atoms with Crippen LogP contribution in [0, 0.1) is 5.82 Å². The molecule has 1 aromatic carbocycles. The van der Waals surface area contributed by atoms with Crippen LogP contribution in [0.5, 0.6) is 0 Å². The molecule has 0 aliphatic carbocycles. The lowest BCUT2D eigenvalue weighted by molar-refractivity contribution is 0.0954. The summed E-state index contributed by atoms with van der Waals surface area (Å²) >= 11 is 0. The number of hydrogen-bond acceptors (Lipinski definition) is 3. The zero-order chi connectivity index (χ0) is 17.2. The fourth-order valence-electron chi connectivity index (χ4n) is 2.30. The monoisotopic (exact) mass is 329 g/mol. The summed E-state index contributed by atoms with van der Waals surface area (Å²) in [6, 6.07) is 9.88.